The van der Waals surface area contributed by atoms with Crippen LogP contribution in [0.4, 0.5) is 16.2 Å². The Morgan fingerprint density at radius 2 is 1.76 bits per heavy atom. The van der Waals surface area contributed by atoms with Crippen LogP contribution in [0.2, 0.25) is 0 Å². The Morgan fingerprint density at radius 1 is 1.19 bits per heavy atom. The molecule has 0 bridgehead atoms. The van der Waals surface area contributed by atoms with E-state index in [1.807, 2.05) is 0 Å². The SMILES string of the molecule is O=C(O)CN(CC(=O)O)C(=O)Nc1cccc([N+](=O)[O-])c1. The molecule has 10 nitrogen and oxygen atoms in total. The van der Waals surface area contributed by atoms with Gasteiger partial charge in [0.25, 0.3) is 5.69 Å². The number of urea groups is 1. The van der Waals surface area contributed by atoms with Crippen LogP contribution in [-0.4, -0.2) is 51.1 Å². The van der Waals surface area contributed by atoms with E-state index in [1.54, 1.807) is 0 Å². The summed E-state index contributed by atoms with van der Waals surface area (Å²) in [5.74, 6) is -2.77. The van der Waals surface area contributed by atoms with Gasteiger partial charge in [0.2, 0.25) is 0 Å². The summed E-state index contributed by atoms with van der Waals surface area (Å²) < 4.78 is 0. The smallest absolute Gasteiger partial charge is 0.323 e. The van der Waals surface area contributed by atoms with E-state index in [4.69, 9.17) is 10.2 Å². The molecule has 0 unspecified atom stereocenters. The first-order valence-electron chi connectivity index (χ1n) is 5.53. The van der Waals surface area contributed by atoms with E-state index in [0.29, 0.717) is 4.90 Å². The van der Waals surface area contributed by atoms with Crippen LogP contribution in [0.25, 0.3) is 0 Å². The average molecular weight is 297 g/mol. The van der Waals surface area contributed by atoms with Crippen molar-refractivity contribution in [3.8, 4) is 0 Å². The fourth-order valence-electron chi connectivity index (χ4n) is 1.43. The third-order valence-corrected chi connectivity index (χ3v) is 2.25. The van der Waals surface area contributed by atoms with Crippen molar-refractivity contribution in [2.75, 3.05) is 18.4 Å². The molecule has 112 valence electrons. The van der Waals surface area contributed by atoms with Crippen molar-refractivity contribution in [2.24, 2.45) is 0 Å². The molecule has 0 spiro atoms. The molecule has 0 fully saturated rings. The highest BCUT2D eigenvalue weighted by atomic mass is 16.6. The highest BCUT2D eigenvalue weighted by Crippen LogP contribution is 2.17. The van der Waals surface area contributed by atoms with Crippen LogP contribution >= 0.6 is 0 Å². The van der Waals surface area contributed by atoms with Crippen LogP contribution in [0, 0.1) is 10.1 Å². The van der Waals surface area contributed by atoms with Crippen molar-refractivity contribution in [2.45, 2.75) is 0 Å². The fraction of sp³-hybridized carbons (Fsp3) is 0.182. The van der Waals surface area contributed by atoms with Crippen LogP contribution in [0.1, 0.15) is 0 Å². The van der Waals surface area contributed by atoms with E-state index in [9.17, 15) is 24.5 Å². The first-order valence-corrected chi connectivity index (χ1v) is 5.53. The number of nitro benzene ring substituents is 1. The molecule has 1 aromatic carbocycles. The standard InChI is InChI=1S/C11H11N3O7/c15-9(16)5-13(6-10(17)18)11(19)12-7-2-1-3-8(4-7)14(20)21/h1-4H,5-6H2,(H,12,19)(H,15,16)(H,17,18). The average Bonchev–Trinajstić information content (AvgIpc) is 2.37. The Morgan fingerprint density at radius 3 is 2.24 bits per heavy atom. The highest BCUT2D eigenvalue weighted by molar-refractivity contribution is 5.93. The maximum absolute atomic E-state index is 11.8. The molecule has 1 aromatic rings. The summed E-state index contributed by atoms with van der Waals surface area (Å²) in [6.07, 6.45) is 0. The lowest BCUT2D eigenvalue weighted by Gasteiger charge is -2.18. The van der Waals surface area contributed by atoms with Gasteiger partial charge in [-0.15, -0.1) is 0 Å². The second-order valence-electron chi connectivity index (χ2n) is 3.88. The maximum Gasteiger partial charge on any atom is 0.323 e. The minimum Gasteiger partial charge on any atom is -0.480 e. The molecule has 0 aliphatic rings. The predicted molar refractivity (Wildman–Crippen MR) is 69.0 cm³/mol. The van der Waals surface area contributed by atoms with Crippen molar-refractivity contribution >= 4 is 29.3 Å². The normalized spacial score (nSPS) is 9.71. The largest absolute Gasteiger partial charge is 0.480 e. The van der Waals surface area contributed by atoms with Crippen LogP contribution in [0.5, 0.6) is 0 Å². The van der Waals surface area contributed by atoms with Crippen LogP contribution in [0.3, 0.4) is 0 Å². The number of nitro groups is 1. The number of hydrogen-bond donors (Lipinski definition) is 3. The fourth-order valence-corrected chi connectivity index (χ4v) is 1.43. The lowest BCUT2D eigenvalue weighted by Crippen LogP contribution is -2.41. The van der Waals surface area contributed by atoms with E-state index in [-0.39, 0.29) is 11.4 Å². The summed E-state index contributed by atoms with van der Waals surface area (Å²) in [6, 6.07) is 3.97. The monoisotopic (exact) mass is 297 g/mol. The molecule has 0 atom stereocenters. The summed E-state index contributed by atoms with van der Waals surface area (Å²) in [5.41, 5.74) is -0.217. The third kappa shape index (κ3) is 5.14. The number of carboxylic acids is 2. The first-order chi connectivity index (χ1) is 9.79. The molecule has 0 saturated heterocycles. The lowest BCUT2D eigenvalue weighted by molar-refractivity contribution is -0.384. The van der Waals surface area contributed by atoms with Gasteiger partial charge in [-0.3, -0.25) is 19.7 Å². The van der Waals surface area contributed by atoms with Crippen LogP contribution < -0.4 is 5.32 Å². The van der Waals surface area contributed by atoms with Crippen molar-refractivity contribution in [3.63, 3.8) is 0 Å². The number of carbonyl (C=O) groups excluding carboxylic acids is 1. The second-order valence-corrected chi connectivity index (χ2v) is 3.88. The van der Waals surface area contributed by atoms with Gasteiger partial charge in [-0.25, -0.2) is 4.79 Å². The summed E-state index contributed by atoms with van der Waals surface area (Å²) in [4.78, 5) is 43.4. The number of nitrogens with one attached hydrogen (secondary N) is 1. The molecule has 0 aliphatic carbocycles. The van der Waals surface area contributed by atoms with E-state index >= 15 is 0 Å². The number of anilines is 1. The molecule has 0 aromatic heterocycles. The van der Waals surface area contributed by atoms with Crippen LogP contribution in [-0.2, 0) is 9.59 Å². The molecule has 3 N–H and O–H groups in total. The number of hydrogen-bond acceptors (Lipinski definition) is 5. The quantitative estimate of drug-likeness (QED) is 0.513. The van der Waals surface area contributed by atoms with Gasteiger partial charge < -0.3 is 20.4 Å². The lowest BCUT2D eigenvalue weighted by atomic mass is 10.3. The molecule has 0 aliphatic heterocycles. The minimum atomic E-state index is -1.38. The van der Waals surface area contributed by atoms with E-state index in [2.05, 4.69) is 5.32 Å². The molecular weight excluding hydrogens is 286 g/mol. The number of benzene rings is 1. The van der Waals surface area contributed by atoms with Crippen molar-refractivity contribution in [1.82, 2.24) is 4.90 Å². The summed E-state index contributed by atoms with van der Waals surface area (Å²) in [6.45, 7) is -1.62. The minimum absolute atomic E-state index is 0.0509. The molecule has 0 saturated carbocycles. The molecular formula is C11H11N3O7. The predicted octanol–water partition coefficient (Wildman–Crippen LogP) is 0.598. The molecule has 0 radical (unpaired) electrons. The number of amides is 2. The number of aliphatic carboxylic acids is 2. The van der Waals surface area contributed by atoms with Gasteiger partial charge in [0, 0.05) is 17.8 Å². The molecule has 10 heteroatoms. The zero-order valence-corrected chi connectivity index (χ0v) is 10.6. The molecule has 0 heterocycles. The third-order valence-electron chi connectivity index (χ3n) is 2.25. The summed E-state index contributed by atoms with van der Waals surface area (Å²) in [7, 11) is 0. The Labute approximate surface area is 117 Å². The second kappa shape index (κ2) is 6.84. The number of non-ortho nitro benzene ring substituents is 1. The maximum atomic E-state index is 11.8. The number of nitrogens with zero attached hydrogens (tertiary/aromatic N) is 2. The zero-order chi connectivity index (χ0) is 16.0. The first kappa shape index (κ1) is 15.9. The van der Waals surface area contributed by atoms with Gasteiger partial charge in [0.15, 0.2) is 0 Å². The van der Waals surface area contributed by atoms with Gasteiger partial charge in [0.05, 0.1) is 4.92 Å². The molecule has 21 heavy (non-hydrogen) atoms. The Balaban J connectivity index is 2.85. The summed E-state index contributed by atoms with van der Waals surface area (Å²) >= 11 is 0. The summed E-state index contributed by atoms with van der Waals surface area (Å²) in [5, 5.41) is 30.0. The van der Waals surface area contributed by atoms with Gasteiger partial charge >= 0.3 is 18.0 Å². The van der Waals surface area contributed by atoms with Gasteiger partial charge in [-0.2, -0.15) is 0 Å². The Hall–Kier alpha value is -3.17. The topological polar surface area (TPSA) is 150 Å². The van der Waals surface area contributed by atoms with Crippen LogP contribution in [0.15, 0.2) is 24.3 Å². The highest BCUT2D eigenvalue weighted by Gasteiger charge is 2.20. The molecule has 2 amide bonds. The zero-order valence-electron chi connectivity index (χ0n) is 10.6. The number of carbonyl (C=O) groups is 3. The van der Waals surface area contributed by atoms with E-state index < -0.39 is 36.0 Å². The van der Waals surface area contributed by atoms with Gasteiger partial charge in [-0.05, 0) is 6.07 Å². The van der Waals surface area contributed by atoms with Gasteiger partial charge in [0.1, 0.15) is 13.1 Å². The van der Waals surface area contributed by atoms with E-state index in [1.165, 1.54) is 18.2 Å². The van der Waals surface area contributed by atoms with E-state index in [0.717, 1.165) is 6.07 Å². The van der Waals surface area contributed by atoms with Gasteiger partial charge in [-0.1, -0.05) is 6.07 Å². The Bertz CT molecular complexity index is 571. The van der Waals surface area contributed by atoms with Crippen molar-refractivity contribution in [3.05, 3.63) is 34.4 Å². The number of carboxylic acid groups (broad SMARTS) is 2. The molecule has 1 rings (SSSR count). The van der Waals surface area contributed by atoms with Crippen molar-refractivity contribution in [1.29, 1.82) is 0 Å². The van der Waals surface area contributed by atoms with Crippen molar-refractivity contribution < 1.29 is 29.5 Å². The Kier molecular flexibility index (Phi) is 5.17. The number of rotatable bonds is 6.